The van der Waals surface area contributed by atoms with E-state index in [-0.39, 0.29) is 12.0 Å². The van der Waals surface area contributed by atoms with Gasteiger partial charge in [0.2, 0.25) is 11.7 Å². The van der Waals surface area contributed by atoms with E-state index in [9.17, 15) is 0 Å². The summed E-state index contributed by atoms with van der Waals surface area (Å²) in [5, 5.41) is 4.60. The standard InChI is InChI=1S/C35H38N3/c1-8-28-27(6)38(34-16-12-11-14-30(28)34)25(4)21-23(2)17-19-32-29-13-9-10-15-31(29)33-20-18-24(3)22-37(33)35(32)26(5)36-7/h8-16,18,20-22,32,35-36H,1-2,5,17,19H2,3-4,6-7H3/q+1/b25-21+. The van der Waals surface area contributed by atoms with Gasteiger partial charge in [-0.05, 0) is 63.5 Å². The molecule has 0 saturated heterocycles. The Morgan fingerprint density at radius 1 is 1.03 bits per heavy atom. The van der Waals surface area contributed by atoms with Crippen LogP contribution in [-0.4, -0.2) is 11.6 Å². The Bertz CT molecular complexity index is 1600. The highest BCUT2D eigenvalue weighted by molar-refractivity contribution is 5.93. The molecule has 1 N–H and O–H groups in total. The molecule has 2 aromatic carbocycles. The second-order valence-corrected chi connectivity index (χ2v) is 10.5. The Labute approximate surface area is 227 Å². The predicted octanol–water partition coefficient (Wildman–Crippen LogP) is 8.12. The number of allylic oxidation sites excluding steroid dienone is 4. The first-order valence-electron chi connectivity index (χ1n) is 13.4. The molecular weight excluding hydrogens is 462 g/mol. The van der Waals surface area contributed by atoms with Crippen molar-refractivity contribution in [2.24, 2.45) is 0 Å². The van der Waals surface area contributed by atoms with Crippen LogP contribution in [0.4, 0.5) is 0 Å². The average Bonchev–Trinajstić information content (AvgIpc) is 3.21. The van der Waals surface area contributed by atoms with E-state index in [1.54, 1.807) is 0 Å². The largest absolute Gasteiger partial charge is 0.387 e. The van der Waals surface area contributed by atoms with Gasteiger partial charge in [-0.3, -0.25) is 0 Å². The third-order valence-electron chi connectivity index (χ3n) is 8.03. The van der Waals surface area contributed by atoms with Crippen molar-refractivity contribution >= 4 is 22.7 Å². The summed E-state index contributed by atoms with van der Waals surface area (Å²) in [6.07, 6.45) is 8.35. The summed E-state index contributed by atoms with van der Waals surface area (Å²) in [6.45, 7) is 19.5. The van der Waals surface area contributed by atoms with Gasteiger partial charge in [-0.2, -0.15) is 4.57 Å². The van der Waals surface area contributed by atoms with Crippen molar-refractivity contribution in [3.8, 4) is 11.3 Å². The molecule has 0 radical (unpaired) electrons. The molecule has 4 aromatic rings. The Morgan fingerprint density at radius 3 is 2.53 bits per heavy atom. The van der Waals surface area contributed by atoms with Gasteiger partial charge >= 0.3 is 0 Å². The normalized spacial score (nSPS) is 16.6. The first-order valence-corrected chi connectivity index (χ1v) is 13.4. The van der Waals surface area contributed by atoms with Gasteiger partial charge in [0, 0.05) is 46.6 Å². The SMILES string of the molecule is C=Cc1c(C)n(/C(C)=C/C(=C)CCC2c3ccccc3-c3ccc(C)c[n+]3C2C(=C)NC)c2ccccc12. The highest BCUT2D eigenvalue weighted by Crippen LogP contribution is 2.43. The molecule has 2 atom stereocenters. The number of aromatic nitrogens is 2. The molecule has 0 fully saturated rings. The zero-order chi connectivity index (χ0) is 27.0. The van der Waals surface area contributed by atoms with Crippen LogP contribution in [0.2, 0.25) is 0 Å². The number of benzene rings is 2. The minimum Gasteiger partial charge on any atom is -0.387 e. The number of aryl methyl sites for hydroxylation is 1. The van der Waals surface area contributed by atoms with E-state index in [0.29, 0.717) is 0 Å². The van der Waals surface area contributed by atoms with Crippen molar-refractivity contribution < 1.29 is 4.57 Å². The number of nitrogens with one attached hydrogen (secondary N) is 1. The fourth-order valence-electron chi connectivity index (χ4n) is 6.25. The summed E-state index contributed by atoms with van der Waals surface area (Å²) in [5.41, 5.74) is 12.1. The molecule has 0 bridgehead atoms. The molecule has 2 aromatic heterocycles. The highest BCUT2D eigenvalue weighted by atomic mass is 15.1. The van der Waals surface area contributed by atoms with Crippen LogP contribution < -0.4 is 9.88 Å². The zero-order valence-corrected chi connectivity index (χ0v) is 23.1. The van der Waals surface area contributed by atoms with Crippen LogP contribution in [0.3, 0.4) is 0 Å². The lowest BCUT2D eigenvalue weighted by atomic mass is 9.78. The van der Waals surface area contributed by atoms with Crippen molar-refractivity contribution in [2.45, 2.75) is 45.6 Å². The lowest BCUT2D eigenvalue weighted by molar-refractivity contribution is -0.710. The predicted molar refractivity (Wildman–Crippen MR) is 162 cm³/mol. The molecule has 2 unspecified atom stereocenters. The Balaban J connectivity index is 1.47. The first-order chi connectivity index (χ1) is 18.3. The van der Waals surface area contributed by atoms with Crippen molar-refractivity contribution in [1.29, 1.82) is 0 Å². The molecule has 0 aliphatic carbocycles. The zero-order valence-electron chi connectivity index (χ0n) is 23.1. The van der Waals surface area contributed by atoms with E-state index in [2.05, 4.69) is 128 Å². The van der Waals surface area contributed by atoms with E-state index in [4.69, 9.17) is 0 Å². The molecule has 3 nitrogen and oxygen atoms in total. The quantitative estimate of drug-likeness (QED) is 0.191. The van der Waals surface area contributed by atoms with Gasteiger partial charge in [0.15, 0.2) is 6.20 Å². The molecule has 38 heavy (non-hydrogen) atoms. The monoisotopic (exact) mass is 500 g/mol. The minimum absolute atomic E-state index is 0.133. The third kappa shape index (κ3) is 4.32. The maximum atomic E-state index is 4.49. The Morgan fingerprint density at radius 2 is 1.76 bits per heavy atom. The van der Waals surface area contributed by atoms with Crippen LogP contribution in [-0.2, 0) is 0 Å². The molecule has 0 amide bonds. The van der Waals surface area contributed by atoms with Gasteiger partial charge in [-0.15, -0.1) is 0 Å². The highest BCUT2D eigenvalue weighted by Gasteiger charge is 2.41. The van der Waals surface area contributed by atoms with E-state index in [1.807, 2.05) is 13.1 Å². The summed E-state index contributed by atoms with van der Waals surface area (Å²) in [5.74, 6) is 0.289. The molecule has 3 heteroatoms. The topological polar surface area (TPSA) is 20.8 Å². The molecular formula is C35H38N3+. The lowest BCUT2D eigenvalue weighted by Crippen LogP contribution is -2.50. The van der Waals surface area contributed by atoms with Crippen molar-refractivity contribution in [3.05, 3.63) is 126 Å². The van der Waals surface area contributed by atoms with Crippen molar-refractivity contribution in [2.75, 3.05) is 7.05 Å². The van der Waals surface area contributed by atoms with Gasteiger partial charge in [-0.25, -0.2) is 0 Å². The number of para-hydroxylation sites is 1. The van der Waals surface area contributed by atoms with E-state index in [1.165, 1.54) is 50.2 Å². The second-order valence-electron chi connectivity index (χ2n) is 10.5. The molecule has 1 aliphatic rings. The van der Waals surface area contributed by atoms with Crippen LogP contribution in [0.15, 0.2) is 104 Å². The van der Waals surface area contributed by atoms with Crippen LogP contribution in [0.1, 0.15) is 54.1 Å². The smallest absolute Gasteiger partial charge is 0.213 e. The molecule has 5 rings (SSSR count). The summed E-state index contributed by atoms with van der Waals surface area (Å²) in [4.78, 5) is 0. The lowest BCUT2D eigenvalue weighted by Gasteiger charge is -2.32. The van der Waals surface area contributed by atoms with Gasteiger partial charge in [-0.1, -0.05) is 67.8 Å². The van der Waals surface area contributed by atoms with Crippen LogP contribution in [0.25, 0.3) is 33.9 Å². The number of hydrogen-bond acceptors (Lipinski definition) is 1. The molecule has 0 saturated carbocycles. The van der Waals surface area contributed by atoms with E-state index >= 15 is 0 Å². The molecule has 1 aliphatic heterocycles. The summed E-state index contributed by atoms with van der Waals surface area (Å²) < 4.78 is 4.74. The number of hydrogen-bond donors (Lipinski definition) is 1. The maximum absolute atomic E-state index is 4.49. The van der Waals surface area contributed by atoms with Gasteiger partial charge < -0.3 is 9.88 Å². The van der Waals surface area contributed by atoms with Crippen molar-refractivity contribution in [1.82, 2.24) is 9.88 Å². The van der Waals surface area contributed by atoms with Gasteiger partial charge in [0.05, 0.1) is 17.1 Å². The summed E-state index contributed by atoms with van der Waals surface area (Å²) in [7, 11) is 1.97. The molecule has 192 valence electrons. The second kappa shape index (κ2) is 10.3. The Hall–Kier alpha value is -4.11. The number of fused-ring (bicyclic) bond motifs is 4. The van der Waals surface area contributed by atoms with Gasteiger partial charge in [0.25, 0.3) is 0 Å². The molecule has 3 heterocycles. The van der Waals surface area contributed by atoms with Gasteiger partial charge in [0.1, 0.15) is 0 Å². The van der Waals surface area contributed by atoms with E-state index < -0.39 is 0 Å². The Kier molecular flexibility index (Phi) is 6.94. The first kappa shape index (κ1) is 25.5. The minimum atomic E-state index is 0.133. The van der Waals surface area contributed by atoms with Crippen molar-refractivity contribution in [3.63, 3.8) is 0 Å². The summed E-state index contributed by atoms with van der Waals surface area (Å²) in [6, 6.07) is 21.9. The van der Waals surface area contributed by atoms with Crippen LogP contribution >= 0.6 is 0 Å². The average molecular weight is 501 g/mol. The fraction of sp³-hybridized carbons (Fsp3) is 0.229. The molecule has 0 spiro atoms. The van der Waals surface area contributed by atoms with Crippen LogP contribution in [0.5, 0.6) is 0 Å². The third-order valence-corrected chi connectivity index (χ3v) is 8.03. The number of likely N-dealkylation sites (N-methyl/N-ethyl adjacent to an activating group) is 1. The number of pyridine rings is 1. The number of rotatable bonds is 8. The van der Waals surface area contributed by atoms with Crippen LogP contribution in [0, 0.1) is 13.8 Å². The van der Waals surface area contributed by atoms with E-state index in [0.717, 1.165) is 24.1 Å². The maximum Gasteiger partial charge on any atom is 0.213 e. The fourth-order valence-corrected chi connectivity index (χ4v) is 6.25. The summed E-state index contributed by atoms with van der Waals surface area (Å²) >= 11 is 0. The number of nitrogens with zero attached hydrogens (tertiary/aromatic N) is 2.